The van der Waals surface area contributed by atoms with Crippen LogP contribution in [0.15, 0.2) is 0 Å². The zero-order valence-corrected chi connectivity index (χ0v) is 9.69. The molecule has 0 bridgehead atoms. The second-order valence-corrected chi connectivity index (χ2v) is 4.03. The fourth-order valence-corrected chi connectivity index (χ4v) is 2.34. The molecule has 0 heterocycles. The lowest BCUT2D eigenvalue weighted by Crippen LogP contribution is -3.00. The molecule has 1 saturated carbocycles. The van der Waals surface area contributed by atoms with E-state index in [1.807, 2.05) is 0 Å². The van der Waals surface area contributed by atoms with Crippen LogP contribution in [0.3, 0.4) is 0 Å². The number of hydrogen-bond donors (Lipinski definition) is 1. The van der Waals surface area contributed by atoms with Gasteiger partial charge in [0.1, 0.15) is 6.04 Å². The molecule has 1 fully saturated rings. The molecule has 0 aromatic carbocycles. The van der Waals surface area contributed by atoms with Gasteiger partial charge in [-0.3, -0.25) is 0 Å². The van der Waals surface area contributed by atoms with Crippen molar-refractivity contribution in [3.8, 4) is 0 Å². The Morgan fingerprint density at radius 1 is 1.08 bits per heavy atom. The smallest absolute Gasteiger partial charge is 0.106 e. The zero-order valence-electron chi connectivity index (χ0n) is 8.93. The van der Waals surface area contributed by atoms with Crippen molar-refractivity contribution >= 4 is 0 Å². The molecule has 1 aliphatic carbocycles. The summed E-state index contributed by atoms with van der Waals surface area (Å²) >= 11 is 0. The lowest BCUT2D eigenvalue weighted by atomic mass is 9.93. The van der Waals surface area contributed by atoms with Gasteiger partial charge in [-0.1, -0.05) is 6.42 Å². The van der Waals surface area contributed by atoms with Crippen molar-refractivity contribution in [3.63, 3.8) is 0 Å². The van der Waals surface area contributed by atoms with Crippen molar-refractivity contribution in [1.29, 1.82) is 0 Å². The van der Waals surface area contributed by atoms with Gasteiger partial charge in [-0.15, -0.1) is 0 Å². The van der Waals surface area contributed by atoms with E-state index in [2.05, 4.69) is 13.8 Å². The van der Waals surface area contributed by atoms with E-state index < -0.39 is 0 Å². The molecule has 80 valence electrons. The first-order valence-electron chi connectivity index (χ1n) is 5.38. The van der Waals surface area contributed by atoms with E-state index in [0.29, 0.717) is 0 Å². The number of quaternary nitrogens is 1. The van der Waals surface area contributed by atoms with E-state index >= 15 is 0 Å². The molecule has 0 spiro atoms. The Balaban J connectivity index is 0.00000144. The average Bonchev–Trinajstić information content (AvgIpc) is 2.18. The minimum Gasteiger partial charge on any atom is -1.00 e. The van der Waals surface area contributed by atoms with Crippen LogP contribution in [0, 0.1) is 0 Å². The number of hydrogen-bond acceptors (Lipinski definition) is 1. The van der Waals surface area contributed by atoms with Gasteiger partial charge in [0.15, 0.2) is 0 Å². The molecule has 0 aliphatic heterocycles. The fraction of sp³-hybridized carbons (Fsp3) is 1.00. The SMILES string of the molecule is CC[N+](N)(CC)C1CCCCC1.[Cl-]. The Hall–Kier alpha value is 0.210. The quantitative estimate of drug-likeness (QED) is 0.360. The molecule has 1 aliphatic rings. The van der Waals surface area contributed by atoms with Crippen LogP contribution in [0.25, 0.3) is 0 Å². The van der Waals surface area contributed by atoms with Gasteiger partial charge >= 0.3 is 0 Å². The summed E-state index contributed by atoms with van der Waals surface area (Å²) in [6.07, 6.45) is 6.89. The minimum atomic E-state index is 0. The highest BCUT2D eigenvalue weighted by Crippen LogP contribution is 2.24. The van der Waals surface area contributed by atoms with Crippen LogP contribution in [0.2, 0.25) is 0 Å². The van der Waals surface area contributed by atoms with Crippen molar-refractivity contribution in [2.45, 2.75) is 52.0 Å². The molecule has 0 radical (unpaired) electrons. The van der Waals surface area contributed by atoms with E-state index in [9.17, 15) is 0 Å². The molecule has 0 saturated heterocycles. The van der Waals surface area contributed by atoms with Gasteiger partial charge in [0.05, 0.1) is 13.1 Å². The Labute approximate surface area is 88.5 Å². The van der Waals surface area contributed by atoms with Crippen LogP contribution < -0.4 is 18.2 Å². The largest absolute Gasteiger partial charge is 1.00 e. The summed E-state index contributed by atoms with van der Waals surface area (Å²) in [7, 11) is 0. The Morgan fingerprint density at radius 3 is 1.92 bits per heavy atom. The first-order valence-corrected chi connectivity index (χ1v) is 5.38. The molecule has 2 N–H and O–H groups in total. The maximum Gasteiger partial charge on any atom is 0.106 e. The number of halogens is 1. The fourth-order valence-electron chi connectivity index (χ4n) is 2.34. The molecule has 13 heavy (non-hydrogen) atoms. The molecular formula is C10H23ClN2. The van der Waals surface area contributed by atoms with Crippen molar-refractivity contribution in [1.82, 2.24) is 0 Å². The van der Waals surface area contributed by atoms with Crippen LogP contribution in [-0.2, 0) is 0 Å². The second kappa shape index (κ2) is 5.84. The molecule has 2 nitrogen and oxygen atoms in total. The highest BCUT2D eigenvalue weighted by atomic mass is 35.5. The van der Waals surface area contributed by atoms with Gasteiger partial charge in [-0.05, 0) is 26.7 Å². The number of rotatable bonds is 3. The Morgan fingerprint density at radius 2 is 1.54 bits per heavy atom. The van der Waals surface area contributed by atoms with E-state index in [1.54, 1.807) is 0 Å². The predicted molar refractivity (Wildman–Crippen MR) is 52.4 cm³/mol. The second-order valence-electron chi connectivity index (χ2n) is 4.03. The third kappa shape index (κ3) is 3.12. The van der Waals surface area contributed by atoms with E-state index in [1.165, 1.54) is 32.1 Å². The first-order chi connectivity index (χ1) is 5.73. The topological polar surface area (TPSA) is 26.0 Å². The molecular weight excluding hydrogens is 184 g/mol. The lowest BCUT2D eigenvalue weighted by Gasteiger charge is -2.40. The number of nitrogens with zero attached hydrogens (tertiary/aromatic N) is 1. The minimum absolute atomic E-state index is 0. The third-order valence-corrected chi connectivity index (χ3v) is 3.48. The summed E-state index contributed by atoms with van der Waals surface area (Å²) < 4.78 is 0.806. The number of nitrogens with two attached hydrogens (primary N) is 1. The van der Waals surface area contributed by atoms with Crippen LogP contribution in [0.1, 0.15) is 46.0 Å². The maximum atomic E-state index is 6.31. The van der Waals surface area contributed by atoms with Crippen molar-refractivity contribution < 1.29 is 17.0 Å². The third-order valence-electron chi connectivity index (χ3n) is 3.48. The van der Waals surface area contributed by atoms with E-state index in [4.69, 9.17) is 5.84 Å². The van der Waals surface area contributed by atoms with Crippen molar-refractivity contribution in [3.05, 3.63) is 0 Å². The highest BCUT2D eigenvalue weighted by molar-refractivity contribution is 4.65. The molecule has 0 aromatic rings. The summed E-state index contributed by atoms with van der Waals surface area (Å²) in [6.45, 7) is 6.58. The molecule has 0 aromatic heterocycles. The summed E-state index contributed by atoms with van der Waals surface area (Å²) in [4.78, 5) is 0. The zero-order chi connectivity index (χ0) is 9.03. The van der Waals surface area contributed by atoms with Gasteiger partial charge in [0, 0.05) is 12.8 Å². The Kier molecular flexibility index (Phi) is 5.93. The van der Waals surface area contributed by atoms with Crippen molar-refractivity contribution in [2.24, 2.45) is 5.84 Å². The van der Waals surface area contributed by atoms with Gasteiger partial charge in [-0.25, -0.2) is 4.59 Å². The van der Waals surface area contributed by atoms with Crippen LogP contribution >= 0.6 is 0 Å². The maximum absolute atomic E-state index is 6.31. The van der Waals surface area contributed by atoms with Gasteiger partial charge < -0.3 is 12.4 Å². The van der Waals surface area contributed by atoms with E-state index in [0.717, 1.165) is 23.7 Å². The summed E-state index contributed by atoms with van der Waals surface area (Å²) in [5.74, 6) is 6.31. The molecule has 0 amide bonds. The molecule has 1 rings (SSSR count). The van der Waals surface area contributed by atoms with Gasteiger partial charge in [0.25, 0.3) is 0 Å². The predicted octanol–water partition coefficient (Wildman–Crippen LogP) is -0.947. The summed E-state index contributed by atoms with van der Waals surface area (Å²) in [5, 5.41) is 0. The molecule has 0 atom stereocenters. The molecule has 3 heteroatoms. The van der Waals surface area contributed by atoms with Crippen LogP contribution in [0.5, 0.6) is 0 Å². The van der Waals surface area contributed by atoms with E-state index in [-0.39, 0.29) is 12.4 Å². The van der Waals surface area contributed by atoms with Gasteiger partial charge in [0.2, 0.25) is 0 Å². The first kappa shape index (κ1) is 13.2. The van der Waals surface area contributed by atoms with Crippen LogP contribution in [0.4, 0.5) is 0 Å². The highest BCUT2D eigenvalue weighted by Gasteiger charge is 2.31. The normalized spacial score (nSPS) is 19.6. The standard InChI is InChI=1S/C10H23N2.ClH/c1-3-12(11,4-2)10-8-6-5-7-9-10;/h10H,3-9,11H2,1-2H3;1H/q+1;/p-1. The average molecular weight is 207 g/mol. The monoisotopic (exact) mass is 206 g/mol. The summed E-state index contributed by atoms with van der Waals surface area (Å²) in [5.41, 5.74) is 0. The Bertz CT molecular complexity index is 129. The summed E-state index contributed by atoms with van der Waals surface area (Å²) in [6, 6.07) is 0.744. The van der Waals surface area contributed by atoms with Gasteiger partial charge in [-0.2, -0.15) is 5.84 Å². The lowest BCUT2D eigenvalue weighted by molar-refractivity contribution is -0.960. The van der Waals surface area contributed by atoms with Crippen molar-refractivity contribution in [2.75, 3.05) is 13.1 Å². The van der Waals surface area contributed by atoms with Crippen LogP contribution in [-0.4, -0.2) is 23.7 Å². The molecule has 0 unspecified atom stereocenters.